The Morgan fingerprint density at radius 1 is 1.26 bits per heavy atom. The molecule has 7 heteroatoms. The Hall–Kier alpha value is -1.89. The van der Waals surface area contributed by atoms with Gasteiger partial charge in [-0.05, 0) is 19.1 Å². The highest BCUT2D eigenvalue weighted by Gasteiger charge is 2.19. The van der Waals surface area contributed by atoms with Gasteiger partial charge in [0.1, 0.15) is 5.01 Å². The van der Waals surface area contributed by atoms with E-state index in [4.69, 9.17) is 0 Å². The van der Waals surface area contributed by atoms with Crippen molar-refractivity contribution in [3.63, 3.8) is 0 Å². The van der Waals surface area contributed by atoms with Crippen LogP contribution in [0.15, 0.2) is 12.1 Å². The number of hydrogen-bond donors (Lipinski definition) is 0. The molecule has 0 radical (unpaired) electrons. The lowest BCUT2D eigenvalue weighted by atomic mass is 10.2. The Labute approximate surface area is 110 Å². The average molecular weight is 287 g/mol. The van der Waals surface area contributed by atoms with Gasteiger partial charge < -0.3 is 4.74 Å². The number of aryl methyl sites for hydroxylation is 1. The van der Waals surface area contributed by atoms with Gasteiger partial charge in [-0.3, -0.25) is 0 Å². The van der Waals surface area contributed by atoms with Gasteiger partial charge in [-0.1, -0.05) is 0 Å². The lowest BCUT2D eigenvalue weighted by Gasteiger charge is -1.99. The number of halogens is 3. The number of carbonyl (C=O) groups excluding carboxylic acids is 1. The molecule has 2 rings (SSSR count). The zero-order valence-electron chi connectivity index (χ0n) is 9.96. The topological polar surface area (TPSA) is 39.2 Å². The monoisotopic (exact) mass is 287 g/mol. The number of thiazole rings is 1. The van der Waals surface area contributed by atoms with Crippen molar-refractivity contribution in [1.82, 2.24) is 4.98 Å². The van der Waals surface area contributed by atoms with Gasteiger partial charge in [-0.25, -0.2) is 22.9 Å². The Balaban J connectivity index is 2.51. The standard InChI is InChI=1S/C12H8F3NO2S/c1-5-10(12(17)18-2)16-11(19-5)6-3-7(13)9(15)8(14)4-6/h3-4H,1-2H3. The van der Waals surface area contributed by atoms with Gasteiger partial charge in [-0.2, -0.15) is 0 Å². The third-order valence-electron chi connectivity index (χ3n) is 2.41. The highest BCUT2D eigenvalue weighted by atomic mass is 32.1. The Morgan fingerprint density at radius 3 is 2.37 bits per heavy atom. The Bertz CT molecular complexity index is 631. The van der Waals surface area contributed by atoms with Crippen LogP contribution in [-0.4, -0.2) is 18.1 Å². The van der Waals surface area contributed by atoms with Crippen LogP contribution in [0.1, 0.15) is 15.4 Å². The molecule has 1 aromatic carbocycles. The second-order valence-corrected chi connectivity index (χ2v) is 4.87. The van der Waals surface area contributed by atoms with Crippen molar-refractivity contribution in [1.29, 1.82) is 0 Å². The first-order chi connectivity index (χ1) is 8.93. The summed E-state index contributed by atoms with van der Waals surface area (Å²) in [6.45, 7) is 1.63. The molecule has 1 heterocycles. The molecular weight excluding hydrogens is 279 g/mol. The number of carbonyl (C=O) groups is 1. The number of esters is 1. The van der Waals surface area contributed by atoms with Crippen LogP contribution < -0.4 is 0 Å². The van der Waals surface area contributed by atoms with E-state index >= 15 is 0 Å². The second-order valence-electron chi connectivity index (χ2n) is 3.67. The van der Waals surface area contributed by atoms with Crippen LogP contribution in [0.25, 0.3) is 10.6 Å². The molecule has 0 amide bonds. The number of ether oxygens (including phenoxy) is 1. The second kappa shape index (κ2) is 5.00. The zero-order chi connectivity index (χ0) is 14.2. The SMILES string of the molecule is COC(=O)c1nc(-c2cc(F)c(F)c(F)c2)sc1C. The molecule has 0 spiro atoms. The molecule has 0 saturated carbocycles. The van der Waals surface area contributed by atoms with Crippen LogP contribution in [0.4, 0.5) is 13.2 Å². The van der Waals surface area contributed by atoms with E-state index < -0.39 is 23.4 Å². The van der Waals surface area contributed by atoms with Gasteiger partial charge >= 0.3 is 5.97 Å². The summed E-state index contributed by atoms with van der Waals surface area (Å²) in [7, 11) is 1.21. The van der Waals surface area contributed by atoms with Gasteiger partial charge in [0, 0.05) is 10.4 Å². The van der Waals surface area contributed by atoms with Gasteiger partial charge in [0.25, 0.3) is 0 Å². The summed E-state index contributed by atoms with van der Waals surface area (Å²) in [6, 6.07) is 1.66. The van der Waals surface area contributed by atoms with E-state index in [0.717, 1.165) is 23.5 Å². The molecule has 3 nitrogen and oxygen atoms in total. The molecule has 0 aliphatic carbocycles. The lowest BCUT2D eigenvalue weighted by Crippen LogP contribution is -2.03. The van der Waals surface area contributed by atoms with Crippen LogP contribution >= 0.6 is 11.3 Å². The molecule has 19 heavy (non-hydrogen) atoms. The molecule has 0 bridgehead atoms. The van der Waals surface area contributed by atoms with Crippen molar-refractivity contribution < 1.29 is 22.7 Å². The average Bonchev–Trinajstić information content (AvgIpc) is 2.76. The van der Waals surface area contributed by atoms with E-state index in [-0.39, 0.29) is 16.3 Å². The summed E-state index contributed by atoms with van der Waals surface area (Å²) in [6.07, 6.45) is 0. The number of methoxy groups -OCH3 is 1. The van der Waals surface area contributed by atoms with E-state index in [1.165, 1.54) is 7.11 Å². The van der Waals surface area contributed by atoms with Crippen molar-refractivity contribution >= 4 is 17.3 Å². The summed E-state index contributed by atoms with van der Waals surface area (Å²) in [5, 5.41) is 0.218. The maximum atomic E-state index is 13.1. The predicted molar refractivity (Wildman–Crippen MR) is 63.5 cm³/mol. The van der Waals surface area contributed by atoms with Crippen LogP contribution in [0.5, 0.6) is 0 Å². The normalized spacial score (nSPS) is 10.6. The molecule has 0 atom stereocenters. The molecule has 0 N–H and O–H groups in total. The molecule has 0 aliphatic heterocycles. The highest BCUT2D eigenvalue weighted by Crippen LogP contribution is 2.29. The molecular formula is C12H8F3NO2S. The van der Waals surface area contributed by atoms with E-state index in [9.17, 15) is 18.0 Å². The number of aromatic nitrogens is 1. The first-order valence-corrected chi connectivity index (χ1v) is 5.96. The maximum Gasteiger partial charge on any atom is 0.357 e. The summed E-state index contributed by atoms with van der Waals surface area (Å²) in [4.78, 5) is 15.9. The summed E-state index contributed by atoms with van der Waals surface area (Å²) in [5.41, 5.74) is 0.146. The van der Waals surface area contributed by atoms with Crippen LogP contribution in [0.2, 0.25) is 0 Å². The maximum absolute atomic E-state index is 13.1. The molecule has 0 saturated heterocycles. The minimum Gasteiger partial charge on any atom is -0.464 e. The number of benzene rings is 1. The molecule has 100 valence electrons. The Kier molecular flexibility index (Phi) is 3.57. The largest absolute Gasteiger partial charge is 0.464 e. The van der Waals surface area contributed by atoms with E-state index in [0.29, 0.717) is 4.88 Å². The third-order valence-corrected chi connectivity index (χ3v) is 3.43. The van der Waals surface area contributed by atoms with Crippen molar-refractivity contribution in [3.05, 3.63) is 40.2 Å². The molecule has 0 aliphatic rings. The van der Waals surface area contributed by atoms with Gasteiger partial charge in [0.05, 0.1) is 7.11 Å². The fourth-order valence-electron chi connectivity index (χ4n) is 1.48. The van der Waals surface area contributed by atoms with Crippen LogP contribution in [-0.2, 0) is 4.74 Å². The zero-order valence-corrected chi connectivity index (χ0v) is 10.8. The Morgan fingerprint density at radius 2 is 1.84 bits per heavy atom. The minimum absolute atomic E-state index is 0.0691. The van der Waals surface area contributed by atoms with Crippen molar-refractivity contribution in [2.75, 3.05) is 7.11 Å². The van der Waals surface area contributed by atoms with Crippen LogP contribution in [0.3, 0.4) is 0 Å². The quantitative estimate of drug-likeness (QED) is 0.628. The highest BCUT2D eigenvalue weighted by molar-refractivity contribution is 7.15. The fraction of sp³-hybridized carbons (Fsp3) is 0.167. The molecule has 0 unspecified atom stereocenters. The fourth-order valence-corrected chi connectivity index (χ4v) is 2.37. The van der Waals surface area contributed by atoms with E-state index in [2.05, 4.69) is 9.72 Å². The molecule has 1 aromatic heterocycles. The summed E-state index contributed by atoms with van der Waals surface area (Å²) >= 11 is 1.07. The minimum atomic E-state index is -1.54. The van der Waals surface area contributed by atoms with Crippen molar-refractivity contribution in [3.8, 4) is 10.6 Å². The first kappa shape index (κ1) is 13.5. The summed E-state index contributed by atoms with van der Waals surface area (Å²) in [5.74, 6) is -4.78. The van der Waals surface area contributed by atoms with E-state index in [1.807, 2.05) is 0 Å². The number of rotatable bonds is 2. The predicted octanol–water partition coefficient (Wildman–Crippen LogP) is 3.32. The van der Waals surface area contributed by atoms with Gasteiger partial charge in [-0.15, -0.1) is 11.3 Å². The molecule has 0 fully saturated rings. The first-order valence-electron chi connectivity index (χ1n) is 5.14. The smallest absolute Gasteiger partial charge is 0.357 e. The number of nitrogens with zero attached hydrogens (tertiary/aromatic N) is 1. The molecule has 2 aromatic rings. The van der Waals surface area contributed by atoms with E-state index in [1.54, 1.807) is 6.92 Å². The van der Waals surface area contributed by atoms with Crippen molar-refractivity contribution in [2.24, 2.45) is 0 Å². The van der Waals surface area contributed by atoms with Crippen LogP contribution in [0, 0.1) is 24.4 Å². The van der Waals surface area contributed by atoms with Gasteiger partial charge in [0.15, 0.2) is 23.1 Å². The lowest BCUT2D eigenvalue weighted by molar-refractivity contribution is 0.0594. The third kappa shape index (κ3) is 2.46. The van der Waals surface area contributed by atoms with Gasteiger partial charge in [0.2, 0.25) is 0 Å². The van der Waals surface area contributed by atoms with Crippen molar-refractivity contribution in [2.45, 2.75) is 6.92 Å². The summed E-state index contributed by atoms with van der Waals surface area (Å²) < 4.78 is 43.6. The number of hydrogen-bond acceptors (Lipinski definition) is 4.